The van der Waals surface area contributed by atoms with E-state index < -0.39 is 29.4 Å². The number of rotatable bonds is 5. The molecule has 1 aromatic carbocycles. The van der Waals surface area contributed by atoms with Gasteiger partial charge in [-0.1, -0.05) is 0 Å². The van der Waals surface area contributed by atoms with Gasteiger partial charge in [0.2, 0.25) is 0 Å². The second-order valence-corrected chi connectivity index (χ2v) is 7.62. The van der Waals surface area contributed by atoms with E-state index in [9.17, 15) is 27.9 Å². The fourth-order valence-electron chi connectivity index (χ4n) is 2.81. The third-order valence-electron chi connectivity index (χ3n) is 4.11. The van der Waals surface area contributed by atoms with E-state index in [4.69, 9.17) is 4.74 Å². The van der Waals surface area contributed by atoms with Gasteiger partial charge in [0.25, 0.3) is 0 Å². The molecule has 0 saturated heterocycles. The van der Waals surface area contributed by atoms with E-state index in [-0.39, 0.29) is 23.2 Å². The molecule has 0 aliphatic heterocycles. The Balaban J connectivity index is 1.90. The third-order valence-corrected chi connectivity index (χ3v) is 4.11. The van der Waals surface area contributed by atoms with Crippen molar-refractivity contribution in [3.63, 3.8) is 0 Å². The molecule has 0 unspecified atom stereocenters. The molecule has 0 heterocycles. The lowest BCUT2D eigenvalue weighted by Gasteiger charge is -2.37. The summed E-state index contributed by atoms with van der Waals surface area (Å²) in [6.45, 7) is 5.66. The van der Waals surface area contributed by atoms with Crippen molar-refractivity contribution in [3.05, 3.63) is 29.3 Å². The zero-order valence-electron chi connectivity index (χ0n) is 15.3. The number of carboxylic acid groups (broad SMARTS) is 1. The summed E-state index contributed by atoms with van der Waals surface area (Å²) in [4.78, 5) is 22.8. The predicted octanol–water partition coefficient (Wildman–Crippen LogP) is 4.12. The first-order valence-electron chi connectivity index (χ1n) is 8.53. The topological polar surface area (TPSA) is 87.7 Å². The number of hydrogen-bond acceptors (Lipinski definition) is 4. The SMILES string of the molecule is CC(C)(C)OC(=O)NCC1CC(Nc2cc(C(F)(F)F)ccc2C(=O)O)C1. The van der Waals surface area contributed by atoms with E-state index in [0.29, 0.717) is 19.4 Å². The van der Waals surface area contributed by atoms with Crippen LogP contribution >= 0.6 is 0 Å². The van der Waals surface area contributed by atoms with Crippen LogP contribution in [-0.4, -0.2) is 35.4 Å². The van der Waals surface area contributed by atoms with Gasteiger partial charge in [0.15, 0.2) is 0 Å². The lowest BCUT2D eigenvalue weighted by atomic mass is 9.80. The van der Waals surface area contributed by atoms with Crippen LogP contribution in [0.3, 0.4) is 0 Å². The number of carboxylic acids is 1. The van der Waals surface area contributed by atoms with Gasteiger partial charge in [-0.15, -0.1) is 0 Å². The first kappa shape index (κ1) is 20.9. The maximum absolute atomic E-state index is 12.9. The van der Waals surface area contributed by atoms with E-state index in [2.05, 4.69) is 10.6 Å². The van der Waals surface area contributed by atoms with Crippen LogP contribution in [0.5, 0.6) is 0 Å². The summed E-state index contributed by atoms with van der Waals surface area (Å²) in [5.74, 6) is -1.15. The Hall–Kier alpha value is -2.45. The number of anilines is 1. The Morgan fingerprint density at radius 2 is 1.85 bits per heavy atom. The smallest absolute Gasteiger partial charge is 0.416 e. The highest BCUT2D eigenvalue weighted by Gasteiger charge is 2.34. The van der Waals surface area contributed by atoms with Crippen molar-refractivity contribution in [3.8, 4) is 0 Å². The first-order valence-corrected chi connectivity index (χ1v) is 8.53. The highest BCUT2D eigenvalue weighted by molar-refractivity contribution is 5.94. The number of nitrogens with one attached hydrogen (secondary N) is 2. The molecule has 1 aliphatic rings. The maximum atomic E-state index is 12.9. The fourth-order valence-corrected chi connectivity index (χ4v) is 2.81. The number of benzene rings is 1. The van der Waals surface area contributed by atoms with E-state index >= 15 is 0 Å². The molecule has 0 spiro atoms. The third kappa shape index (κ3) is 6.04. The average molecular weight is 388 g/mol. The second-order valence-electron chi connectivity index (χ2n) is 7.62. The maximum Gasteiger partial charge on any atom is 0.416 e. The minimum atomic E-state index is -4.55. The molecule has 27 heavy (non-hydrogen) atoms. The van der Waals surface area contributed by atoms with E-state index in [1.807, 2.05) is 0 Å². The molecule has 3 N–H and O–H groups in total. The summed E-state index contributed by atoms with van der Waals surface area (Å²) in [6.07, 6.45) is -3.87. The lowest BCUT2D eigenvalue weighted by Crippen LogP contribution is -2.43. The number of hydrogen-bond donors (Lipinski definition) is 3. The number of carbonyl (C=O) groups excluding carboxylic acids is 1. The number of halogens is 3. The van der Waals surface area contributed by atoms with Gasteiger partial charge in [0, 0.05) is 18.3 Å². The van der Waals surface area contributed by atoms with Crippen molar-refractivity contribution >= 4 is 17.7 Å². The van der Waals surface area contributed by atoms with Gasteiger partial charge in [-0.05, 0) is 57.7 Å². The Morgan fingerprint density at radius 1 is 1.22 bits per heavy atom. The lowest BCUT2D eigenvalue weighted by molar-refractivity contribution is -0.137. The zero-order chi connectivity index (χ0) is 20.4. The van der Waals surface area contributed by atoms with Gasteiger partial charge in [0.1, 0.15) is 5.60 Å². The summed E-state index contributed by atoms with van der Waals surface area (Å²) in [5, 5.41) is 14.7. The van der Waals surface area contributed by atoms with Crippen LogP contribution in [0.15, 0.2) is 18.2 Å². The van der Waals surface area contributed by atoms with Crippen LogP contribution in [0.2, 0.25) is 0 Å². The van der Waals surface area contributed by atoms with Crippen LogP contribution in [0.25, 0.3) is 0 Å². The molecular formula is C18H23F3N2O4. The number of ether oxygens (including phenoxy) is 1. The molecule has 1 fully saturated rings. The highest BCUT2D eigenvalue weighted by Crippen LogP contribution is 2.35. The van der Waals surface area contributed by atoms with Crippen molar-refractivity contribution in [1.82, 2.24) is 5.32 Å². The number of aromatic carboxylic acids is 1. The van der Waals surface area contributed by atoms with Crippen molar-refractivity contribution in [2.24, 2.45) is 5.92 Å². The van der Waals surface area contributed by atoms with Gasteiger partial charge in [-0.25, -0.2) is 9.59 Å². The molecule has 2 rings (SSSR count). The molecule has 1 aromatic rings. The minimum absolute atomic E-state index is 0.0547. The van der Waals surface area contributed by atoms with E-state index in [1.54, 1.807) is 20.8 Å². The standard InChI is InChI=1S/C18H23F3N2O4/c1-17(2,3)27-16(26)22-9-10-6-12(7-10)23-14-8-11(18(19,20)21)4-5-13(14)15(24)25/h4-5,8,10,12,23H,6-7,9H2,1-3H3,(H,22,26)(H,24,25). The summed E-state index contributed by atoms with van der Waals surface area (Å²) in [7, 11) is 0. The molecule has 1 amide bonds. The second kappa shape index (κ2) is 7.66. The van der Waals surface area contributed by atoms with Crippen LogP contribution < -0.4 is 10.6 Å². The van der Waals surface area contributed by atoms with Crippen molar-refractivity contribution < 1.29 is 32.6 Å². The van der Waals surface area contributed by atoms with Gasteiger partial charge in [-0.2, -0.15) is 13.2 Å². The number of alkyl halides is 3. The van der Waals surface area contributed by atoms with Gasteiger partial charge < -0.3 is 20.5 Å². The van der Waals surface area contributed by atoms with Gasteiger partial charge >= 0.3 is 18.2 Å². The molecule has 1 saturated carbocycles. The predicted molar refractivity (Wildman–Crippen MR) is 92.8 cm³/mol. The monoisotopic (exact) mass is 388 g/mol. The molecule has 150 valence electrons. The molecule has 9 heteroatoms. The van der Waals surface area contributed by atoms with Crippen molar-refractivity contribution in [2.75, 3.05) is 11.9 Å². The molecule has 0 aromatic heterocycles. The Morgan fingerprint density at radius 3 is 2.37 bits per heavy atom. The Labute approximate surface area is 155 Å². The van der Waals surface area contributed by atoms with Gasteiger partial charge in [0.05, 0.1) is 11.1 Å². The van der Waals surface area contributed by atoms with Crippen LogP contribution in [0, 0.1) is 5.92 Å². The molecule has 0 atom stereocenters. The van der Waals surface area contributed by atoms with E-state index in [0.717, 1.165) is 18.2 Å². The Bertz CT molecular complexity index is 708. The van der Waals surface area contributed by atoms with Crippen molar-refractivity contribution in [1.29, 1.82) is 0 Å². The van der Waals surface area contributed by atoms with Gasteiger partial charge in [-0.3, -0.25) is 0 Å². The van der Waals surface area contributed by atoms with Crippen molar-refractivity contribution in [2.45, 2.75) is 51.4 Å². The molecular weight excluding hydrogens is 365 g/mol. The summed E-state index contributed by atoms with van der Waals surface area (Å²) < 4.78 is 43.7. The number of amides is 1. The summed E-state index contributed by atoms with van der Waals surface area (Å²) >= 11 is 0. The molecule has 1 aliphatic carbocycles. The van der Waals surface area contributed by atoms with E-state index in [1.165, 1.54) is 0 Å². The van der Waals surface area contributed by atoms with Crippen LogP contribution in [-0.2, 0) is 10.9 Å². The minimum Gasteiger partial charge on any atom is -0.478 e. The first-order chi connectivity index (χ1) is 12.3. The molecule has 6 nitrogen and oxygen atoms in total. The normalized spacial score (nSPS) is 19.8. The van der Waals surface area contributed by atoms with Crippen LogP contribution in [0.4, 0.5) is 23.7 Å². The fraction of sp³-hybridized carbons (Fsp3) is 0.556. The Kier molecular flexibility index (Phi) is 5.91. The number of alkyl carbamates (subject to hydrolysis) is 1. The quantitative estimate of drug-likeness (QED) is 0.706. The molecule has 0 radical (unpaired) electrons. The average Bonchev–Trinajstić information content (AvgIpc) is 2.46. The summed E-state index contributed by atoms with van der Waals surface area (Å²) in [5.41, 5.74) is -1.76. The van der Waals surface area contributed by atoms with Crippen LogP contribution in [0.1, 0.15) is 49.5 Å². The summed E-state index contributed by atoms with van der Waals surface area (Å²) in [6, 6.07) is 2.36. The highest BCUT2D eigenvalue weighted by atomic mass is 19.4. The molecule has 0 bridgehead atoms. The zero-order valence-corrected chi connectivity index (χ0v) is 15.3. The largest absolute Gasteiger partial charge is 0.478 e. The number of carbonyl (C=O) groups is 2.